The van der Waals surface area contributed by atoms with Crippen molar-refractivity contribution in [2.24, 2.45) is 0 Å². The van der Waals surface area contributed by atoms with Crippen molar-refractivity contribution in [1.82, 2.24) is 0 Å². The maximum absolute atomic E-state index is 11.2. The normalized spacial score (nSPS) is 13.9. The average molecular weight is 268 g/mol. The van der Waals surface area contributed by atoms with Crippen molar-refractivity contribution >= 4 is 19.1 Å². The molecule has 0 aromatic heterocycles. The molecule has 0 aliphatic rings. The van der Waals surface area contributed by atoms with Gasteiger partial charge in [-0.15, -0.1) is 0 Å². The van der Waals surface area contributed by atoms with Crippen LogP contribution in [0.2, 0.25) is 0 Å². The summed E-state index contributed by atoms with van der Waals surface area (Å²) in [5.41, 5.74) is 0. The van der Waals surface area contributed by atoms with Crippen LogP contribution < -0.4 is 0 Å². The van der Waals surface area contributed by atoms with Gasteiger partial charge in [0, 0.05) is 0 Å². The highest BCUT2D eigenvalue weighted by molar-refractivity contribution is 8.66. The zero-order valence-corrected chi connectivity index (χ0v) is 12.0. The van der Waals surface area contributed by atoms with Gasteiger partial charge in [-0.1, -0.05) is 45.4 Å². The molecule has 0 N–H and O–H groups in total. The molecule has 0 aromatic rings. The fourth-order valence-corrected chi connectivity index (χ4v) is 3.51. The van der Waals surface area contributed by atoms with Gasteiger partial charge in [-0.2, -0.15) is 8.42 Å². The molecule has 1 atom stereocenters. The van der Waals surface area contributed by atoms with E-state index in [2.05, 4.69) is 6.92 Å². The fourth-order valence-electron chi connectivity index (χ4n) is 1.51. The Bertz CT molecular complexity index is 250. The lowest BCUT2D eigenvalue weighted by atomic mass is 10.1. The number of rotatable bonds is 10. The van der Waals surface area contributed by atoms with Crippen LogP contribution >= 0.6 is 0 Å². The second-order valence-electron chi connectivity index (χ2n) is 4.19. The zero-order valence-electron chi connectivity index (χ0n) is 10.4. The molecule has 3 nitrogen and oxygen atoms in total. The number of hydrogen-bond acceptors (Lipinski definition) is 3. The first-order chi connectivity index (χ1) is 7.48. The smallest absolute Gasteiger partial charge is 0.310 e. The summed E-state index contributed by atoms with van der Waals surface area (Å²) in [6, 6.07) is 0. The van der Waals surface area contributed by atoms with Crippen LogP contribution in [0.25, 0.3) is 0 Å². The van der Waals surface area contributed by atoms with Crippen molar-refractivity contribution in [3.63, 3.8) is 0 Å². The molecule has 0 spiro atoms. The van der Waals surface area contributed by atoms with Crippen LogP contribution in [0, 0.1) is 0 Å². The lowest BCUT2D eigenvalue weighted by Gasteiger charge is -2.07. The maximum atomic E-state index is 11.2. The molecule has 1 unspecified atom stereocenters. The summed E-state index contributed by atoms with van der Waals surface area (Å²) in [7, 11) is -5.01. The summed E-state index contributed by atoms with van der Waals surface area (Å²) < 4.78 is 32.9. The second-order valence-corrected chi connectivity index (χ2v) is 9.54. The van der Waals surface area contributed by atoms with Crippen LogP contribution in [0.1, 0.15) is 58.3 Å². The van der Waals surface area contributed by atoms with Crippen molar-refractivity contribution in [3.8, 4) is 0 Å². The molecule has 0 amide bonds. The Morgan fingerprint density at radius 2 is 1.38 bits per heavy atom. The predicted octanol–water partition coefficient (Wildman–Crippen LogP) is 2.84. The van der Waals surface area contributed by atoms with E-state index in [0.717, 1.165) is 25.5 Å². The molecule has 0 aliphatic heterocycles. The van der Waals surface area contributed by atoms with E-state index in [1.54, 1.807) is 0 Å². The van der Waals surface area contributed by atoms with Crippen LogP contribution in [0.5, 0.6) is 0 Å². The molecule has 0 rings (SSSR count). The molecule has 5 heteroatoms. The molecule has 98 valence electrons. The lowest BCUT2D eigenvalue weighted by Crippen LogP contribution is -2.17. The Morgan fingerprint density at radius 3 is 1.81 bits per heavy atom. The van der Waals surface area contributed by atoms with Crippen molar-refractivity contribution in [1.29, 1.82) is 0 Å². The molecule has 0 aliphatic carbocycles. The summed E-state index contributed by atoms with van der Waals surface area (Å²) in [6.07, 6.45) is 10.3. The van der Waals surface area contributed by atoms with Crippen molar-refractivity contribution < 1.29 is 13.0 Å². The number of hydrogen-bond donors (Lipinski definition) is 0. The van der Waals surface area contributed by atoms with Gasteiger partial charge in [0.05, 0.1) is 16.5 Å². The fraction of sp³-hybridized carbons (Fsp3) is 1.00. The molecule has 0 heterocycles. The van der Waals surface area contributed by atoms with Gasteiger partial charge in [-0.05, 0) is 12.8 Å². The van der Waals surface area contributed by atoms with Crippen LogP contribution in [0.3, 0.4) is 0 Å². The highest BCUT2D eigenvalue weighted by Gasteiger charge is 2.18. The highest BCUT2D eigenvalue weighted by atomic mass is 33.2. The highest BCUT2D eigenvalue weighted by Crippen LogP contribution is 2.10. The van der Waals surface area contributed by atoms with Crippen LogP contribution in [-0.2, 0) is 19.1 Å². The lowest BCUT2D eigenvalue weighted by molar-refractivity contribution is 0.571. The first-order valence-corrected chi connectivity index (χ1v) is 9.80. The summed E-state index contributed by atoms with van der Waals surface area (Å²) in [5, 5.41) is 0. The quantitative estimate of drug-likeness (QED) is 0.348. The minimum atomic E-state index is -3.34. The Kier molecular flexibility index (Phi) is 9.46. The van der Waals surface area contributed by atoms with E-state index in [1.165, 1.54) is 32.1 Å². The zero-order chi connectivity index (χ0) is 12.4. The van der Waals surface area contributed by atoms with Gasteiger partial charge in [-0.3, -0.25) is 0 Å². The second kappa shape index (κ2) is 9.31. The standard InChI is InChI=1S/C11H24O3S2/c1-3-4-5-6-7-8-9-10-11-15(12)16(2,13)14/h3-11H2,1-2H3. The largest absolute Gasteiger partial charge is 0.602 e. The minimum Gasteiger partial charge on any atom is -0.602 e. The molecule has 16 heavy (non-hydrogen) atoms. The third-order valence-electron chi connectivity index (χ3n) is 2.50. The third kappa shape index (κ3) is 9.48. The van der Waals surface area contributed by atoms with Gasteiger partial charge in [0.1, 0.15) is 5.75 Å². The topological polar surface area (TPSA) is 57.2 Å². The van der Waals surface area contributed by atoms with E-state index in [0.29, 0.717) is 5.75 Å². The predicted molar refractivity (Wildman–Crippen MR) is 70.5 cm³/mol. The first kappa shape index (κ1) is 16.3. The third-order valence-corrected chi connectivity index (χ3v) is 6.33. The van der Waals surface area contributed by atoms with Crippen LogP contribution in [0.15, 0.2) is 0 Å². The summed E-state index contributed by atoms with van der Waals surface area (Å²) in [6.45, 7) is 2.19. The molecule has 0 fully saturated rings. The maximum Gasteiger partial charge on any atom is 0.310 e. The molecular weight excluding hydrogens is 244 g/mol. The first-order valence-electron chi connectivity index (χ1n) is 6.07. The Morgan fingerprint density at radius 1 is 0.938 bits per heavy atom. The molecule has 0 aromatic carbocycles. The van der Waals surface area contributed by atoms with E-state index >= 15 is 0 Å². The average Bonchev–Trinajstić information content (AvgIpc) is 2.20. The van der Waals surface area contributed by atoms with E-state index < -0.39 is 19.1 Å². The van der Waals surface area contributed by atoms with E-state index in [4.69, 9.17) is 0 Å². The monoisotopic (exact) mass is 268 g/mol. The molecule has 0 saturated carbocycles. The van der Waals surface area contributed by atoms with Gasteiger partial charge >= 0.3 is 8.87 Å². The van der Waals surface area contributed by atoms with Crippen LogP contribution in [-0.4, -0.2) is 25.0 Å². The van der Waals surface area contributed by atoms with E-state index in [-0.39, 0.29) is 0 Å². The van der Waals surface area contributed by atoms with E-state index in [9.17, 15) is 13.0 Å². The Labute approximate surface area is 103 Å². The summed E-state index contributed by atoms with van der Waals surface area (Å²) in [4.78, 5) is 0. The molecule has 0 radical (unpaired) electrons. The number of unbranched alkanes of at least 4 members (excludes halogenated alkanes) is 7. The SMILES string of the molecule is CCCCCCCCCC[S+]([O-])S(C)(=O)=O. The Balaban J connectivity index is 3.28. The Hall–Kier alpha value is 0.260. The summed E-state index contributed by atoms with van der Waals surface area (Å²) in [5.74, 6) is 0.299. The van der Waals surface area contributed by atoms with Gasteiger partial charge in [0.25, 0.3) is 0 Å². The van der Waals surface area contributed by atoms with Gasteiger partial charge in [0.15, 0.2) is 0 Å². The van der Waals surface area contributed by atoms with Crippen molar-refractivity contribution in [2.75, 3.05) is 12.0 Å². The van der Waals surface area contributed by atoms with Gasteiger partial charge in [-0.25, -0.2) is 0 Å². The molecule has 0 saturated heterocycles. The van der Waals surface area contributed by atoms with Gasteiger partial charge < -0.3 is 4.55 Å². The summed E-state index contributed by atoms with van der Waals surface area (Å²) >= 11 is 0. The van der Waals surface area contributed by atoms with Gasteiger partial charge in [0.2, 0.25) is 0 Å². The molecule has 0 bridgehead atoms. The minimum absolute atomic E-state index is 0.299. The van der Waals surface area contributed by atoms with Crippen molar-refractivity contribution in [3.05, 3.63) is 0 Å². The van der Waals surface area contributed by atoms with Crippen LogP contribution in [0.4, 0.5) is 0 Å². The van der Waals surface area contributed by atoms with Crippen molar-refractivity contribution in [2.45, 2.75) is 58.3 Å². The molecular formula is C11H24O3S2. The van der Waals surface area contributed by atoms with E-state index in [1.807, 2.05) is 0 Å².